The van der Waals surface area contributed by atoms with Crippen LogP contribution < -0.4 is 4.74 Å². The minimum atomic E-state index is -0.00430. The summed E-state index contributed by atoms with van der Waals surface area (Å²) in [7, 11) is 0. The zero-order valence-corrected chi connectivity index (χ0v) is 17.4. The normalized spacial score (nSPS) is 27.8. The van der Waals surface area contributed by atoms with E-state index in [1.165, 1.54) is 69.8 Å². The quantitative estimate of drug-likeness (QED) is 0.277. The number of hydrogen-bond donors (Lipinski definition) is 0. The third-order valence-electron chi connectivity index (χ3n) is 7.01. The summed E-state index contributed by atoms with van der Waals surface area (Å²) in [6, 6.07) is 7.82. The number of hydrogen-bond acceptors (Lipinski definition) is 2. The van der Waals surface area contributed by atoms with E-state index < -0.39 is 0 Å². The van der Waals surface area contributed by atoms with E-state index in [0.717, 1.165) is 30.6 Å². The first-order chi connectivity index (χ1) is 13.2. The molecule has 2 heteroatoms. The van der Waals surface area contributed by atoms with Crippen LogP contribution in [0.25, 0.3) is 0 Å². The Balaban J connectivity index is 1.40. The summed E-state index contributed by atoms with van der Waals surface area (Å²) in [5, 5.41) is 0. The van der Waals surface area contributed by atoms with Crippen LogP contribution in [0.3, 0.4) is 0 Å². The Labute approximate surface area is 166 Å². The molecule has 0 amide bonds. The number of fused-ring (bicyclic) bond motifs is 1. The molecule has 0 aliphatic heterocycles. The molecule has 2 aliphatic rings. The highest BCUT2D eigenvalue weighted by molar-refractivity contribution is 5.75. The topological polar surface area (TPSA) is 26.3 Å². The summed E-state index contributed by atoms with van der Waals surface area (Å²) >= 11 is 0. The lowest BCUT2D eigenvalue weighted by Gasteiger charge is -2.41. The summed E-state index contributed by atoms with van der Waals surface area (Å²) in [6.07, 6.45) is 15.9. The highest BCUT2D eigenvalue weighted by Crippen LogP contribution is 2.46. The maximum Gasteiger partial charge on any atom is 0.314 e. The van der Waals surface area contributed by atoms with Crippen molar-refractivity contribution in [3.8, 4) is 5.75 Å². The molecule has 2 unspecified atom stereocenters. The summed E-state index contributed by atoms with van der Waals surface area (Å²) in [5.74, 6) is 3.37. The predicted octanol–water partition coefficient (Wildman–Crippen LogP) is 7.09. The SMILES string of the molecule is CCCCCCCC1CCC2C[C@H](C(=O)Oc3ccc(C)cc3)CC[C@@H]2C1. The van der Waals surface area contributed by atoms with Gasteiger partial charge in [0.1, 0.15) is 5.75 Å². The molecule has 150 valence electrons. The van der Waals surface area contributed by atoms with Gasteiger partial charge in [0.2, 0.25) is 0 Å². The van der Waals surface area contributed by atoms with Crippen molar-refractivity contribution in [2.75, 3.05) is 0 Å². The number of carbonyl (C=O) groups is 1. The number of rotatable bonds is 8. The molecule has 0 saturated heterocycles. The van der Waals surface area contributed by atoms with Gasteiger partial charge in [0.15, 0.2) is 0 Å². The van der Waals surface area contributed by atoms with Crippen molar-refractivity contribution >= 4 is 5.97 Å². The van der Waals surface area contributed by atoms with E-state index in [2.05, 4.69) is 13.8 Å². The molecule has 2 fully saturated rings. The van der Waals surface area contributed by atoms with Crippen LogP contribution in [0.5, 0.6) is 5.75 Å². The fourth-order valence-corrected chi connectivity index (χ4v) is 5.30. The maximum atomic E-state index is 12.6. The highest BCUT2D eigenvalue weighted by atomic mass is 16.5. The fourth-order valence-electron chi connectivity index (χ4n) is 5.30. The molecule has 1 aromatic carbocycles. The van der Waals surface area contributed by atoms with E-state index in [-0.39, 0.29) is 11.9 Å². The van der Waals surface area contributed by atoms with Crippen LogP contribution in [-0.2, 0) is 4.79 Å². The van der Waals surface area contributed by atoms with Gasteiger partial charge in [-0.1, -0.05) is 69.6 Å². The van der Waals surface area contributed by atoms with Crippen LogP contribution in [0.1, 0.15) is 89.5 Å². The molecule has 3 rings (SSSR count). The lowest BCUT2D eigenvalue weighted by Crippen LogP contribution is -2.35. The zero-order chi connectivity index (χ0) is 19.1. The third kappa shape index (κ3) is 6.09. The van der Waals surface area contributed by atoms with Crippen molar-refractivity contribution in [3.63, 3.8) is 0 Å². The first-order valence-electron chi connectivity index (χ1n) is 11.4. The van der Waals surface area contributed by atoms with Crippen LogP contribution in [0.4, 0.5) is 0 Å². The summed E-state index contributed by atoms with van der Waals surface area (Å²) in [4.78, 5) is 12.6. The van der Waals surface area contributed by atoms with E-state index in [4.69, 9.17) is 4.74 Å². The van der Waals surface area contributed by atoms with E-state index in [1.54, 1.807) is 0 Å². The molecule has 0 aromatic heterocycles. The molecule has 0 spiro atoms. The molecule has 2 saturated carbocycles. The second-order valence-electron chi connectivity index (χ2n) is 9.15. The first kappa shape index (κ1) is 20.4. The third-order valence-corrected chi connectivity index (χ3v) is 7.01. The van der Waals surface area contributed by atoms with Gasteiger partial charge in [-0.2, -0.15) is 0 Å². The van der Waals surface area contributed by atoms with E-state index >= 15 is 0 Å². The van der Waals surface area contributed by atoms with Gasteiger partial charge in [0.25, 0.3) is 0 Å². The van der Waals surface area contributed by atoms with Crippen molar-refractivity contribution < 1.29 is 9.53 Å². The molecule has 4 atom stereocenters. The number of carbonyl (C=O) groups excluding carboxylic acids is 1. The summed E-state index contributed by atoms with van der Waals surface area (Å²) in [5.41, 5.74) is 1.19. The number of esters is 1. The van der Waals surface area contributed by atoms with Crippen LogP contribution in [0.15, 0.2) is 24.3 Å². The Morgan fingerprint density at radius 1 is 0.926 bits per heavy atom. The van der Waals surface area contributed by atoms with Crippen LogP contribution in [0.2, 0.25) is 0 Å². The molecule has 1 aromatic rings. The largest absolute Gasteiger partial charge is 0.426 e. The fraction of sp³-hybridized carbons (Fsp3) is 0.720. The Kier molecular flexibility index (Phi) is 7.79. The average molecular weight is 371 g/mol. The van der Waals surface area contributed by atoms with Gasteiger partial charge in [-0.3, -0.25) is 4.79 Å². The lowest BCUT2D eigenvalue weighted by atomic mass is 9.64. The van der Waals surface area contributed by atoms with Gasteiger partial charge in [-0.15, -0.1) is 0 Å². The van der Waals surface area contributed by atoms with Crippen LogP contribution in [0, 0.1) is 30.6 Å². The first-order valence-corrected chi connectivity index (χ1v) is 11.4. The number of ether oxygens (including phenoxy) is 1. The zero-order valence-electron chi connectivity index (χ0n) is 17.4. The lowest BCUT2D eigenvalue weighted by molar-refractivity contribution is -0.141. The van der Waals surface area contributed by atoms with Crippen LogP contribution >= 0.6 is 0 Å². The van der Waals surface area contributed by atoms with E-state index in [1.807, 2.05) is 24.3 Å². The van der Waals surface area contributed by atoms with Crippen molar-refractivity contribution in [2.24, 2.45) is 23.7 Å². The van der Waals surface area contributed by atoms with E-state index in [0.29, 0.717) is 5.75 Å². The smallest absolute Gasteiger partial charge is 0.314 e. The van der Waals surface area contributed by atoms with Gasteiger partial charge in [-0.25, -0.2) is 0 Å². The highest BCUT2D eigenvalue weighted by Gasteiger charge is 2.38. The number of unbranched alkanes of at least 4 members (excludes halogenated alkanes) is 4. The van der Waals surface area contributed by atoms with Crippen molar-refractivity contribution in [2.45, 2.75) is 90.9 Å². The van der Waals surface area contributed by atoms with Gasteiger partial charge in [0.05, 0.1) is 5.92 Å². The molecular weight excluding hydrogens is 332 g/mol. The standard InChI is InChI=1S/C25H38O2/c1-3-4-5-6-7-8-20-11-12-22-18-23(14-13-21(22)17-20)25(26)27-24-15-9-19(2)10-16-24/h9-10,15-16,20-23H,3-8,11-14,17-18H2,1-2H3/t20?,21-,22?,23-/m1/s1. The molecule has 27 heavy (non-hydrogen) atoms. The summed E-state index contributed by atoms with van der Waals surface area (Å²) < 4.78 is 5.66. The molecule has 0 radical (unpaired) electrons. The number of aryl methyl sites for hydroxylation is 1. The maximum absolute atomic E-state index is 12.6. The molecule has 2 aliphatic carbocycles. The van der Waals surface area contributed by atoms with Gasteiger partial charge in [-0.05, 0) is 68.9 Å². The van der Waals surface area contributed by atoms with Gasteiger partial charge in [0, 0.05) is 0 Å². The molecular formula is C25H38O2. The molecule has 0 bridgehead atoms. The Morgan fingerprint density at radius 2 is 1.63 bits per heavy atom. The molecule has 0 heterocycles. The Hall–Kier alpha value is -1.31. The minimum absolute atomic E-state index is 0.00430. The van der Waals surface area contributed by atoms with Crippen LogP contribution in [-0.4, -0.2) is 5.97 Å². The van der Waals surface area contributed by atoms with Crippen molar-refractivity contribution in [3.05, 3.63) is 29.8 Å². The molecule has 0 N–H and O–H groups in total. The van der Waals surface area contributed by atoms with Gasteiger partial charge < -0.3 is 4.74 Å². The molecule has 2 nitrogen and oxygen atoms in total. The van der Waals surface area contributed by atoms with Crippen molar-refractivity contribution in [1.82, 2.24) is 0 Å². The Bertz CT molecular complexity index is 576. The minimum Gasteiger partial charge on any atom is -0.426 e. The summed E-state index contributed by atoms with van der Waals surface area (Å²) in [6.45, 7) is 4.34. The second kappa shape index (κ2) is 10.3. The monoisotopic (exact) mass is 370 g/mol. The predicted molar refractivity (Wildman–Crippen MR) is 112 cm³/mol. The number of benzene rings is 1. The average Bonchev–Trinajstić information content (AvgIpc) is 2.69. The van der Waals surface area contributed by atoms with E-state index in [9.17, 15) is 4.79 Å². The Morgan fingerprint density at radius 3 is 2.41 bits per heavy atom. The van der Waals surface area contributed by atoms with Gasteiger partial charge >= 0.3 is 5.97 Å². The van der Waals surface area contributed by atoms with Crippen molar-refractivity contribution in [1.29, 1.82) is 0 Å². The second-order valence-corrected chi connectivity index (χ2v) is 9.15.